The number of hydrogen-bond donors (Lipinski definition) is 1. The number of nitrogens with one attached hydrogen (secondary N) is 1. The molecule has 0 aromatic heterocycles. The highest BCUT2D eigenvalue weighted by molar-refractivity contribution is 9.10. The molecule has 106 valence electrons. The molecule has 0 bridgehead atoms. The molecule has 2 atom stereocenters. The van der Waals surface area contributed by atoms with Gasteiger partial charge in [-0.1, -0.05) is 29.8 Å². The Bertz CT molecular complexity index is 415. The fourth-order valence-corrected chi connectivity index (χ4v) is 3.72. The third-order valence-electron chi connectivity index (χ3n) is 4.07. The van der Waals surface area contributed by atoms with Crippen LogP contribution in [0.25, 0.3) is 0 Å². The molecule has 3 heteroatoms. The fourth-order valence-electron chi connectivity index (χ4n) is 3.21. The molecule has 0 heterocycles. The highest BCUT2D eigenvalue weighted by Gasteiger charge is 2.34. The molecule has 1 aromatic rings. The Kier molecular flexibility index (Phi) is 5.02. The quantitative estimate of drug-likeness (QED) is 0.827. The van der Waals surface area contributed by atoms with Crippen LogP contribution in [0.4, 0.5) is 4.39 Å². The van der Waals surface area contributed by atoms with Crippen LogP contribution in [0.1, 0.15) is 45.1 Å². The molecular weight excluding hydrogens is 305 g/mol. The summed E-state index contributed by atoms with van der Waals surface area (Å²) in [5.41, 5.74) is 1.41. The summed E-state index contributed by atoms with van der Waals surface area (Å²) in [6, 6.07) is 5.87. The Morgan fingerprint density at radius 2 is 2.21 bits per heavy atom. The van der Waals surface area contributed by atoms with Gasteiger partial charge in [-0.15, -0.1) is 0 Å². The van der Waals surface area contributed by atoms with Crippen LogP contribution >= 0.6 is 15.9 Å². The van der Waals surface area contributed by atoms with Crippen molar-refractivity contribution in [3.8, 4) is 0 Å². The van der Waals surface area contributed by atoms with Gasteiger partial charge in [0.2, 0.25) is 0 Å². The van der Waals surface area contributed by atoms with Crippen molar-refractivity contribution in [3.05, 3.63) is 34.1 Å². The van der Waals surface area contributed by atoms with Gasteiger partial charge in [-0.05, 0) is 67.8 Å². The van der Waals surface area contributed by atoms with Gasteiger partial charge in [0.15, 0.2) is 0 Å². The highest BCUT2D eigenvalue weighted by atomic mass is 79.9. The van der Waals surface area contributed by atoms with Gasteiger partial charge < -0.3 is 5.32 Å². The lowest BCUT2D eigenvalue weighted by Crippen LogP contribution is -2.28. The van der Waals surface area contributed by atoms with Crippen LogP contribution in [0, 0.1) is 11.2 Å². The van der Waals surface area contributed by atoms with E-state index in [0.717, 1.165) is 23.0 Å². The zero-order chi connectivity index (χ0) is 13.9. The summed E-state index contributed by atoms with van der Waals surface area (Å²) in [5.74, 6) is -0.147. The van der Waals surface area contributed by atoms with E-state index in [4.69, 9.17) is 0 Å². The molecule has 1 aliphatic carbocycles. The maximum absolute atomic E-state index is 13.4. The topological polar surface area (TPSA) is 12.0 Å². The summed E-state index contributed by atoms with van der Waals surface area (Å²) in [5, 5.41) is 3.61. The van der Waals surface area contributed by atoms with Gasteiger partial charge in [0, 0.05) is 10.5 Å². The van der Waals surface area contributed by atoms with E-state index in [-0.39, 0.29) is 5.82 Å². The average Bonchev–Trinajstić information content (AvgIpc) is 2.66. The summed E-state index contributed by atoms with van der Waals surface area (Å²) >= 11 is 3.37. The van der Waals surface area contributed by atoms with Crippen molar-refractivity contribution in [2.45, 2.75) is 52.0 Å². The number of halogens is 2. The second kappa shape index (κ2) is 6.36. The predicted octanol–water partition coefficient (Wildman–Crippen LogP) is 4.69. The molecule has 1 aliphatic rings. The van der Waals surface area contributed by atoms with Crippen molar-refractivity contribution in [1.82, 2.24) is 5.32 Å². The normalized spacial score (nSPS) is 26.8. The van der Waals surface area contributed by atoms with Gasteiger partial charge in [-0.2, -0.15) is 0 Å². The summed E-state index contributed by atoms with van der Waals surface area (Å²) in [7, 11) is 0. The van der Waals surface area contributed by atoms with Crippen molar-refractivity contribution in [1.29, 1.82) is 0 Å². The molecule has 2 unspecified atom stereocenters. The Morgan fingerprint density at radius 3 is 2.89 bits per heavy atom. The van der Waals surface area contributed by atoms with Gasteiger partial charge in [0.1, 0.15) is 5.82 Å². The summed E-state index contributed by atoms with van der Waals surface area (Å²) in [4.78, 5) is 0. The molecule has 0 aliphatic heterocycles. The van der Waals surface area contributed by atoms with Gasteiger partial charge in [0.25, 0.3) is 0 Å². The minimum atomic E-state index is -0.147. The highest BCUT2D eigenvalue weighted by Crippen LogP contribution is 2.41. The zero-order valence-corrected chi connectivity index (χ0v) is 13.4. The first-order chi connectivity index (χ1) is 9.00. The van der Waals surface area contributed by atoms with Crippen LogP contribution in [-0.4, -0.2) is 12.6 Å². The van der Waals surface area contributed by atoms with Crippen LogP contribution in [0.15, 0.2) is 22.7 Å². The first-order valence-corrected chi connectivity index (χ1v) is 7.98. The number of rotatable bonds is 5. The van der Waals surface area contributed by atoms with E-state index < -0.39 is 0 Å². The smallest absolute Gasteiger partial charge is 0.124 e. The average molecular weight is 328 g/mol. The van der Waals surface area contributed by atoms with Crippen molar-refractivity contribution in [3.63, 3.8) is 0 Å². The second-order valence-corrected chi connectivity index (χ2v) is 7.07. The monoisotopic (exact) mass is 327 g/mol. The van der Waals surface area contributed by atoms with Gasteiger partial charge in [-0.3, -0.25) is 0 Å². The first kappa shape index (κ1) is 15.0. The van der Waals surface area contributed by atoms with Gasteiger partial charge in [-0.25, -0.2) is 4.39 Å². The maximum Gasteiger partial charge on any atom is 0.124 e. The molecule has 0 spiro atoms. The maximum atomic E-state index is 13.4. The van der Waals surface area contributed by atoms with E-state index in [0.29, 0.717) is 11.5 Å². The van der Waals surface area contributed by atoms with Crippen LogP contribution in [-0.2, 0) is 6.42 Å². The van der Waals surface area contributed by atoms with E-state index in [1.165, 1.54) is 31.7 Å². The van der Waals surface area contributed by atoms with E-state index in [2.05, 4.69) is 35.1 Å². The van der Waals surface area contributed by atoms with Crippen LogP contribution in [0.2, 0.25) is 0 Å². The molecule has 1 saturated carbocycles. The zero-order valence-electron chi connectivity index (χ0n) is 11.8. The summed E-state index contributed by atoms with van der Waals surface area (Å²) < 4.78 is 14.3. The Balaban J connectivity index is 1.98. The van der Waals surface area contributed by atoms with E-state index in [1.54, 1.807) is 6.07 Å². The lowest BCUT2D eigenvalue weighted by atomic mass is 9.82. The minimum absolute atomic E-state index is 0.147. The van der Waals surface area contributed by atoms with Gasteiger partial charge in [0.05, 0.1) is 0 Å². The molecule has 1 nitrogen and oxygen atoms in total. The molecule has 0 saturated heterocycles. The van der Waals surface area contributed by atoms with E-state index in [1.807, 2.05) is 6.07 Å². The molecule has 0 amide bonds. The molecule has 1 aromatic carbocycles. The van der Waals surface area contributed by atoms with E-state index >= 15 is 0 Å². The third kappa shape index (κ3) is 4.28. The fraction of sp³-hybridized carbons (Fsp3) is 0.625. The number of hydrogen-bond acceptors (Lipinski definition) is 1. The summed E-state index contributed by atoms with van der Waals surface area (Å²) in [6.07, 6.45) is 5.81. The molecule has 2 rings (SSSR count). The van der Waals surface area contributed by atoms with Crippen molar-refractivity contribution >= 4 is 15.9 Å². The minimum Gasteiger partial charge on any atom is -0.314 e. The van der Waals surface area contributed by atoms with Crippen LogP contribution < -0.4 is 5.32 Å². The lowest BCUT2D eigenvalue weighted by Gasteiger charge is -2.24. The van der Waals surface area contributed by atoms with Crippen molar-refractivity contribution in [2.24, 2.45) is 5.41 Å². The van der Waals surface area contributed by atoms with Crippen LogP contribution in [0.3, 0.4) is 0 Å². The molecule has 1 fully saturated rings. The summed E-state index contributed by atoms with van der Waals surface area (Å²) in [6.45, 7) is 5.64. The van der Waals surface area contributed by atoms with Crippen molar-refractivity contribution in [2.75, 3.05) is 6.54 Å². The van der Waals surface area contributed by atoms with Crippen molar-refractivity contribution < 1.29 is 4.39 Å². The standard InChI is InChI=1S/C16H23BrFN/c1-3-6-19-15-4-5-16(2,11-15)10-12-7-13(17)9-14(18)8-12/h7-9,15,19H,3-6,10-11H2,1-2H3. The molecule has 0 radical (unpaired) electrons. The first-order valence-electron chi connectivity index (χ1n) is 7.19. The van der Waals surface area contributed by atoms with Crippen LogP contribution in [0.5, 0.6) is 0 Å². The Labute approximate surface area is 124 Å². The Hall–Kier alpha value is -0.410. The molecule has 1 N–H and O–H groups in total. The SMILES string of the molecule is CCCNC1CCC(C)(Cc2cc(F)cc(Br)c2)C1. The largest absolute Gasteiger partial charge is 0.314 e. The lowest BCUT2D eigenvalue weighted by molar-refractivity contribution is 0.321. The third-order valence-corrected chi connectivity index (χ3v) is 4.53. The number of benzene rings is 1. The Morgan fingerprint density at radius 1 is 1.42 bits per heavy atom. The second-order valence-electron chi connectivity index (χ2n) is 6.16. The van der Waals surface area contributed by atoms with E-state index in [9.17, 15) is 4.39 Å². The molecular formula is C16H23BrFN. The molecule has 19 heavy (non-hydrogen) atoms. The van der Waals surface area contributed by atoms with Gasteiger partial charge >= 0.3 is 0 Å². The predicted molar refractivity (Wildman–Crippen MR) is 81.8 cm³/mol.